The lowest BCUT2D eigenvalue weighted by Crippen LogP contribution is -2.15. The van der Waals surface area contributed by atoms with E-state index in [-0.39, 0.29) is 11.1 Å². The largest absolute Gasteiger partial charge is 0.394 e. The average Bonchev–Trinajstić information content (AvgIpc) is 2.32. The lowest BCUT2D eigenvalue weighted by atomic mass is 10.3. The molecule has 0 saturated carbocycles. The van der Waals surface area contributed by atoms with Crippen molar-refractivity contribution in [3.63, 3.8) is 0 Å². The lowest BCUT2D eigenvalue weighted by molar-refractivity contribution is 0.627. The molecule has 1 aromatic heterocycles. The first-order valence-corrected chi connectivity index (χ1v) is 5.23. The summed E-state index contributed by atoms with van der Waals surface area (Å²) in [6, 6.07) is 6.34. The Balaban J connectivity index is 2.47. The summed E-state index contributed by atoms with van der Waals surface area (Å²) in [5, 5.41) is 0.0670. The van der Waals surface area contributed by atoms with Gasteiger partial charge in [0.1, 0.15) is 5.82 Å². The highest BCUT2D eigenvalue weighted by Gasteiger charge is 2.13. The summed E-state index contributed by atoms with van der Waals surface area (Å²) in [6.07, 6.45) is 1.39. The van der Waals surface area contributed by atoms with Gasteiger partial charge in [-0.3, -0.25) is 0 Å². The van der Waals surface area contributed by atoms with Crippen LogP contribution in [-0.2, 0) is 0 Å². The van der Waals surface area contributed by atoms with E-state index in [1.54, 1.807) is 25.2 Å². The van der Waals surface area contributed by atoms with Crippen LogP contribution in [0.2, 0.25) is 5.28 Å². The zero-order chi connectivity index (χ0) is 12.4. The van der Waals surface area contributed by atoms with Crippen LogP contribution >= 0.6 is 11.6 Å². The second-order valence-corrected chi connectivity index (χ2v) is 3.77. The number of aromatic nitrogens is 2. The van der Waals surface area contributed by atoms with Crippen molar-refractivity contribution in [2.24, 2.45) is 0 Å². The molecule has 0 radical (unpaired) electrons. The van der Waals surface area contributed by atoms with Gasteiger partial charge in [0.15, 0.2) is 5.82 Å². The third-order valence-corrected chi connectivity index (χ3v) is 2.48. The van der Waals surface area contributed by atoms with E-state index < -0.39 is 0 Å². The van der Waals surface area contributed by atoms with Crippen LogP contribution in [0.5, 0.6) is 0 Å². The average molecular weight is 253 g/mol. The number of hydrogen-bond acceptors (Lipinski definition) is 4. The highest BCUT2D eigenvalue weighted by molar-refractivity contribution is 6.28. The fraction of sp³-hybridized carbons (Fsp3) is 0.0909. The monoisotopic (exact) mass is 252 g/mol. The first kappa shape index (κ1) is 11.6. The molecule has 4 nitrogen and oxygen atoms in total. The summed E-state index contributed by atoms with van der Waals surface area (Å²) in [4.78, 5) is 9.25. The summed E-state index contributed by atoms with van der Waals surface area (Å²) in [5.74, 6) is 0.0132. The number of nitrogen functional groups attached to an aromatic ring is 1. The number of hydrogen-bond donors (Lipinski definition) is 1. The van der Waals surface area contributed by atoms with Crippen molar-refractivity contribution in [3.8, 4) is 0 Å². The molecule has 0 aliphatic carbocycles. The highest BCUT2D eigenvalue weighted by Crippen LogP contribution is 2.28. The van der Waals surface area contributed by atoms with Crippen LogP contribution in [-0.4, -0.2) is 17.0 Å². The maximum absolute atomic E-state index is 13.6. The Kier molecular flexibility index (Phi) is 3.10. The Morgan fingerprint density at radius 1 is 1.35 bits per heavy atom. The maximum atomic E-state index is 13.6. The predicted octanol–water partition coefficient (Wildman–Crippen LogP) is 2.62. The topological polar surface area (TPSA) is 55.0 Å². The number of rotatable bonds is 2. The molecule has 0 unspecified atom stereocenters. The Labute approximate surface area is 103 Å². The third-order valence-electron chi connectivity index (χ3n) is 2.30. The Hall–Kier alpha value is -1.88. The quantitative estimate of drug-likeness (QED) is 0.835. The molecule has 88 valence electrons. The third kappa shape index (κ3) is 2.29. The summed E-state index contributed by atoms with van der Waals surface area (Å²) in [7, 11) is 1.66. The molecule has 0 saturated heterocycles. The van der Waals surface area contributed by atoms with Crippen LogP contribution in [0, 0.1) is 5.82 Å². The molecule has 0 aliphatic heterocycles. The van der Waals surface area contributed by atoms with Gasteiger partial charge in [0, 0.05) is 7.05 Å². The smallest absolute Gasteiger partial charge is 0.224 e. The van der Waals surface area contributed by atoms with Crippen LogP contribution in [0.1, 0.15) is 0 Å². The van der Waals surface area contributed by atoms with E-state index in [1.165, 1.54) is 17.2 Å². The fourth-order valence-electron chi connectivity index (χ4n) is 1.47. The first-order valence-electron chi connectivity index (χ1n) is 4.86. The van der Waals surface area contributed by atoms with E-state index in [9.17, 15) is 4.39 Å². The molecule has 6 heteroatoms. The molecular weight excluding hydrogens is 243 g/mol. The van der Waals surface area contributed by atoms with Crippen LogP contribution < -0.4 is 10.6 Å². The Morgan fingerprint density at radius 3 is 2.76 bits per heavy atom. The fourth-order valence-corrected chi connectivity index (χ4v) is 1.60. The van der Waals surface area contributed by atoms with E-state index in [0.717, 1.165) is 0 Å². The van der Waals surface area contributed by atoms with Crippen LogP contribution in [0.25, 0.3) is 0 Å². The van der Waals surface area contributed by atoms with E-state index in [2.05, 4.69) is 9.97 Å². The lowest BCUT2D eigenvalue weighted by Gasteiger charge is -2.20. The second-order valence-electron chi connectivity index (χ2n) is 3.43. The molecule has 17 heavy (non-hydrogen) atoms. The molecule has 0 amide bonds. The molecule has 0 aliphatic rings. The number of para-hydroxylation sites is 1. The van der Waals surface area contributed by atoms with Gasteiger partial charge in [-0.05, 0) is 23.7 Å². The maximum Gasteiger partial charge on any atom is 0.224 e. The van der Waals surface area contributed by atoms with Gasteiger partial charge in [-0.25, -0.2) is 9.37 Å². The molecule has 2 N–H and O–H groups in total. The SMILES string of the molecule is CN(c1ccccc1F)c1nc(Cl)ncc1N. The number of benzene rings is 1. The van der Waals surface area contributed by atoms with Crippen molar-refractivity contribution in [1.82, 2.24) is 9.97 Å². The van der Waals surface area contributed by atoms with Gasteiger partial charge in [0.2, 0.25) is 5.28 Å². The minimum absolute atomic E-state index is 0.0670. The predicted molar refractivity (Wildman–Crippen MR) is 65.9 cm³/mol. The van der Waals surface area contributed by atoms with E-state index >= 15 is 0 Å². The number of anilines is 3. The van der Waals surface area contributed by atoms with Crippen molar-refractivity contribution in [2.45, 2.75) is 0 Å². The summed E-state index contributed by atoms with van der Waals surface area (Å²) < 4.78 is 13.6. The molecule has 0 atom stereocenters. The minimum Gasteiger partial charge on any atom is -0.394 e. The van der Waals surface area contributed by atoms with Gasteiger partial charge in [0.05, 0.1) is 17.6 Å². The van der Waals surface area contributed by atoms with Gasteiger partial charge in [-0.2, -0.15) is 4.98 Å². The number of nitrogens with two attached hydrogens (primary N) is 1. The minimum atomic E-state index is -0.357. The standard InChI is InChI=1S/C11H10ClFN4/c1-17(9-5-3-2-4-7(9)13)10-8(14)6-15-11(12)16-10/h2-6H,14H2,1H3. The molecule has 2 aromatic rings. The van der Waals surface area contributed by atoms with Crippen molar-refractivity contribution in [1.29, 1.82) is 0 Å². The molecule has 2 rings (SSSR count). The van der Waals surface area contributed by atoms with Gasteiger partial charge >= 0.3 is 0 Å². The van der Waals surface area contributed by atoms with Crippen LogP contribution in [0.15, 0.2) is 30.5 Å². The molecular formula is C11H10ClFN4. The van der Waals surface area contributed by atoms with Gasteiger partial charge < -0.3 is 10.6 Å². The highest BCUT2D eigenvalue weighted by atomic mass is 35.5. The van der Waals surface area contributed by atoms with Crippen molar-refractivity contribution >= 4 is 28.8 Å². The van der Waals surface area contributed by atoms with Gasteiger partial charge in [-0.15, -0.1) is 0 Å². The summed E-state index contributed by atoms with van der Waals surface area (Å²) >= 11 is 5.69. The van der Waals surface area contributed by atoms with Crippen LogP contribution in [0.3, 0.4) is 0 Å². The summed E-state index contributed by atoms with van der Waals surface area (Å²) in [6.45, 7) is 0. The zero-order valence-corrected chi connectivity index (χ0v) is 9.82. The molecule has 1 heterocycles. The first-order chi connectivity index (χ1) is 8.09. The van der Waals surface area contributed by atoms with E-state index in [1.807, 2.05) is 0 Å². The van der Waals surface area contributed by atoms with Crippen molar-refractivity contribution in [2.75, 3.05) is 17.7 Å². The molecule has 1 aromatic carbocycles. The Morgan fingerprint density at radius 2 is 2.06 bits per heavy atom. The van der Waals surface area contributed by atoms with Crippen molar-refractivity contribution < 1.29 is 4.39 Å². The Bertz CT molecular complexity index is 547. The molecule has 0 spiro atoms. The molecule has 0 fully saturated rings. The van der Waals surface area contributed by atoms with Crippen molar-refractivity contribution in [3.05, 3.63) is 41.6 Å². The second kappa shape index (κ2) is 4.55. The number of halogens is 2. The van der Waals surface area contributed by atoms with E-state index in [4.69, 9.17) is 17.3 Å². The van der Waals surface area contributed by atoms with Gasteiger partial charge in [0.25, 0.3) is 0 Å². The normalized spacial score (nSPS) is 10.3. The zero-order valence-electron chi connectivity index (χ0n) is 9.06. The van der Waals surface area contributed by atoms with Crippen LogP contribution in [0.4, 0.5) is 21.6 Å². The van der Waals surface area contributed by atoms with Gasteiger partial charge in [-0.1, -0.05) is 12.1 Å². The molecule has 0 bridgehead atoms. The summed E-state index contributed by atoms with van der Waals surface area (Å²) in [5.41, 5.74) is 6.43. The van der Waals surface area contributed by atoms with E-state index in [0.29, 0.717) is 17.2 Å². The number of nitrogens with zero attached hydrogens (tertiary/aromatic N) is 3.